The number of nitrogens with zero attached hydrogens (tertiary/aromatic N) is 3. The van der Waals surface area contributed by atoms with Crippen LogP contribution in [0.3, 0.4) is 0 Å². The van der Waals surface area contributed by atoms with E-state index in [1.165, 1.54) is 22.9 Å². The molecule has 2 atom stereocenters. The van der Waals surface area contributed by atoms with Crippen molar-refractivity contribution in [3.8, 4) is 11.1 Å². The van der Waals surface area contributed by atoms with Crippen LogP contribution in [0.5, 0.6) is 0 Å². The van der Waals surface area contributed by atoms with E-state index in [1.807, 2.05) is 0 Å². The van der Waals surface area contributed by atoms with Crippen molar-refractivity contribution in [1.82, 2.24) is 14.7 Å². The molecule has 3 aromatic carbocycles. The second-order valence-corrected chi connectivity index (χ2v) is 9.57. The van der Waals surface area contributed by atoms with Crippen molar-refractivity contribution < 1.29 is 31.9 Å². The second-order valence-electron chi connectivity index (χ2n) is 9.19. The molecule has 8 nitrogen and oxygen atoms in total. The molecule has 1 saturated heterocycles. The molecule has 4 aromatic rings. The van der Waals surface area contributed by atoms with Crippen LogP contribution in [-0.4, -0.2) is 51.2 Å². The zero-order chi connectivity index (χ0) is 28.7. The lowest BCUT2D eigenvalue weighted by atomic mass is 10.0. The summed E-state index contributed by atoms with van der Waals surface area (Å²) in [5.41, 5.74) is 4.88. The van der Waals surface area contributed by atoms with Gasteiger partial charge >= 0.3 is 0 Å². The Morgan fingerprint density at radius 3 is 2.55 bits per heavy atom. The number of fused-ring (bicyclic) bond motifs is 1. The standard InChI is InChI=1S/C27H20ClF4N5O3/c28-23-17(8-13(29)9-18(23)31)15-5-3-6-19(24(15)32)34-27(40)21-10-14(30)11-36(21)22(38)12-37-20-7-2-1-4-16(20)25(35-37)26(33)39/h1-9,14,21H,10-12H2,(H2,33,39)(H,34,40). The first-order valence-electron chi connectivity index (χ1n) is 12.0. The highest BCUT2D eigenvalue weighted by molar-refractivity contribution is 6.33. The SMILES string of the molecule is NC(=O)c1nn(CC(=O)N2CC(F)CC2C(=O)Nc2cccc(-c3cc(F)cc(F)c3Cl)c2F)c2ccccc12. The number of carbonyl (C=O) groups excluding carboxylic acids is 3. The summed E-state index contributed by atoms with van der Waals surface area (Å²) in [5.74, 6) is -5.43. The first-order valence-corrected chi connectivity index (χ1v) is 12.4. The molecule has 0 aliphatic carbocycles. The zero-order valence-electron chi connectivity index (χ0n) is 20.5. The van der Waals surface area contributed by atoms with Crippen LogP contribution in [0, 0.1) is 17.5 Å². The summed E-state index contributed by atoms with van der Waals surface area (Å²) >= 11 is 5.91. The Morgan fingerprint density at radius 1 is 1.05 bits per heavy atom. The number of halogens is 5. The van der Waals surface area contributed by atoms with E-state index in [1.54, 1.807) is 24.3 Å². The van der Waals surface area contributed by atoms with E-state index >= 15 is 4.39 Å². The Bertz CT molecular complexity index is 1680. The van der Waals surface area contributed by atoms with E-state index in [9.17, 15) is 27.6 Å². The number of likely N-dealkylation sites (tertiary alicyclic amines) is 1. The number of hydrogen-bond acceptors (Lipinski definition) is 4. The van der Waals surface area contributed by atoms with Crippen LogP contribution in [0.2, 0.25) is 5.02 Å². The van der Waals surface area contributed by atoms with Gasteiger partial charge < -0.3 is 16.0 Å². The smallest absolute Gasteiger partial charge is 0.269 e. The molecule has 1 aromatic heterocycles. The quantitative estimate of drug-likeness (QED) is 0.262. The molecule has 5 rings (SSSR count). The van der Waals surface area contributed by atoms with Gasteiger partial charge in [-0.1, -0.05) is 41.9 Å². The average Bonchev–Trinajstić information content (AvgIpc) is 3.48. The molecule has 0 bridgehead atoms. The maximum absolute atomic E-state index is 15.4. The van der Waals surface area contributed by atoms with Gasteiger partial charge in [0.15, 0.2) is 11.5 Å². The van der Waals surface area contributed by atoms with Crippen LogP contribution >= 0.6 is 11.6 Å². The van der Waals surface area contributed by atoms with E-state index in [-0.39, 0.29) is 35.5 Å². The molecule has 206 valence electrons. The molecular weight excluding hydrogens is 554 g/mol. The normalized spacial score (nSPS) is 16.9. The van der Waals surface area contributed by atoms with Crippen LogP contribution in [0.15, 0.2) is 54.6 Å². The van der Waals surface area contributed by atoms with Gasteiger partial charge in [0.2, 0.25) is 11.8 Å². The highest BCUT2D eigenvalue weighted by Crippen LogP contribution is 2.35. The molecule has 0 spiro atoms. The van der Waals surface area contributed by atoms with E-state index in [0.29, 0.717) is 17.0 Å². The van der Waals surface area contributed by atoms with Gasteiger partial charge in [0.1, 0.15) is 30.4 Å². The Kier molecular flexibility index (Phi) is 7.19. The lowest BCUT2D eigenvalue weighted by Gasteiger charge is -2.24. The van der Waals surface area contributed by atoms with Gasteiger partial charge in [-0.25, -0.2) is 17.6 Å². The Balaban J connectivity index is 1.39. The van der Waals surface area contributed by atoms with Crippen LogP contribution in [-0.2, 0) is 16.1 Å². The predicted octanol–water partition coefficient (Wildman–Crippen LogP) is 4.45. The number of para-hydroxylation sites is 1. The summed E-state index contributed by atoms with van der Waals surface area (Å²) in [7, 11) is 0. The fraction of sp³-hybridized carbons (Fsp3) is 0.185. The number of anilines is 1. The van der Waals surface area contributed by atoms with Crippen molar-refractivity contribution in [3.05, 3.63) is 82.8 Å². The average molecular weight is 574 g/mol. The Hall–Kier alpha value is -4.45. The van der Waals surface area contributed by atoms with Gasteiger partial charge in [-0.2, -0.15) is 5.10 Å². The molecule has 3 N–H and O–H groups in total. The van der Waals surface area contributed by atoms with Crippen molar-refractivity contribution >= 4 is 45.9 Å². The summed E-state index contributed by atoms with van der Waals surface area (Å²) in [5, 5.41) is 6.37. The second kappa shape index (κ2) is 10.6. The monoisotopic (exact) mass is 573 g/mol. The van der Waals surface area contributed by atoms with Crippen molar-refractivity contribution in [2.24, 2.45) is 5.73 Å². The number of alkyl halides is 1. The number of benzene rings is 3. The van der Waals surface area contributed by atoms with E-state index in [2.05, 4.69) is 10.4 Å². The predicted molar refractivity (Wildman–Crippen MR) is 139 cm³/mol. The largest absolute Gasteiger partial charge is 0.364 e. The van der Waals surface area contributed by atoms with Crippen molar-refractivity contribution in [2.45, 2.75) is 25.2 Å². The third-order valence-electron chi connectivity index (χ3n) is 6.59. The topological polar surface area (TPSA) is 110 Å². The molecule has 1 aliphatic rings. The highest BCUT2D eigenvalue weighted by atomic mass is 35.5. The van der Waals surface area contributed by atoms with Gasteiger partial charge in [0.25, 0.3) is 5.91 Å². The summed E-state index contributed by atoms with van der Waals surface area (Å²) < 4.78 is 58.8. The number of nitrogens with two attached hydrogens (primary N) is 1. The molecule has 2 heterocycles. The van der Waals surface area contributed by atoms with Crippen LogP contribution in [0.25, 0.3) is 22.0 Å². The Morgan fingerprint density at radius 2 is 1.80 bits per heavy atom. The molecule has 40 heavy (non-hydrogen) atoms. The third kappa shape index (κ3) is 4.97. The number of hydrogen-bond donors (Lipinski definition) is 2. The molecule has 1 aliphatic heterocycles. The summed E-state index contributed by atoms with van der Waals surface area (Å²) in [6, 6.07) is 10.5. The van der Waals surface area contributed by atoms with Gasteiger partial charge in [0.05, 0.1) is 22.8 Å². The molecule has 1 fully saturated rings. The fourth-order valence-corrected chi connectivity index (χ4v) is 4.97. The summed E-state index contributed by atoms with van der Waals surface area (Å²) in [4.78, 5) is 39.2. The number of rotatable bonds is 6. The first kappa shape index (κ1) is 27.1. The summed E-state index contributed by atoms with van der Waals surface area (Å²) in [6.45, 7) is -0.808. The molecule has 13 heteroatoms. The molecule has 0 saturated carbocycles. The van der Waals surface area contributed by atoms with E-state index in [0.717, 1.165) is 11.0 Å². The number of carbonyl (C=O) groups is 3. The number of nitrogens with one attached hydrogen (secondary N) is 1. The van der Waals surface area contributed by atoms with E-state index < -0.39 is 59.0 Å². The minimum absolute atomic E-state index is 0.0453. The van der Waals surface area contributed by atoms with E-state index in [4.69, 9.17) is 17.3 Å². The Labute approximate surface area is 229 Å². The van der Waals surface area contributed by atoms with Crippen LogP contribution in [0.1, 0.15) is 16.9 Å². The van der Waals surface area contributed by atoms with Gasteiger partial charge in [-0.05, 0) is 18.2 Å². The minimum atomic E-state index is -1.53. The molecule has 3 amide bonds. The first-order chi connectivity index (χ1) is 19.0. The molecule has 0 radical (unpaired) electrons. The minimum Gasteiger partial charge on any atom is -0.364 e. The van der Waals surface area contributed by atoms with Crippen molar-refractivity contribution in [1.29, 1.82) is 0 Å². The fourth-order valence-electron chi connectivity index (χ4n) is 4.76. The third-order valence-corrected chi connectivity index (χ3v) is 6.97. The van der Waals surface area contributed by atoms with Gasteiger partial charge in [0, 0.05) is 29.0 Å². The maximum atomic E-state index is 15.4. The number of primary amides is 1. The molecular formula is C27H20ClF4N5O3. The van der Waals surface area contributed by atoms with Gasteiger partial charge in [-0.15, -0.1) is 0 Å². The van der Waals surface area contributed by atoms with Crippen molar-refractivity contribution in [3.63, 3.8) is 0 Å². The van der Waals surface area contributed by atoms with Crippen LogP contribution < -0.4 is 11.1 Å². The zero-order valence-corrected chi connectivity index (χ0v) is 21.3. The number of amides is 3. The summed E-state index contributed by atoms with van der Waals surface area (Å²) in [6.07, 6.45) is -1.87. The molecule has 2 unspecified atom stereocenters. The maximum Gasteiger partial charge on any atom is 0.269 e. The lowest BCUT2D eigenvalue weighted by molar-refractivity contribution is -0.137. The van der Waals surface area contributed by atoms with Crippen molar-refractivity contribution in [2.75, 3.05) is 11.9 Å². The van der Waals surface area contributed by atoms with Gasteiger partial charge in [-0.3, -0.25) is 19.1 Å². The highest BCUT2D eigenvalue weighted by Gasteiger charge is 2.40. The number of aromatic nitrogens is 2. The van der Waals surface area contributed by atoms with Crippen LogP contribution in [0.4, 0.5) is 23.2 Å². The lowest BCUT2D eigenvalue weighted by Crippen LogP contribution is -2.44.